The number of carboxylic acids is 1. The minimum Gasteiger partial charge on any atom is -0.488 e. The van der Waals surface area contributed by atoms with Gasteiger partial charge in [-0.1, -0.05) is 0 Å². The molecule has 2 N–H and O–H groups in total. The zero-order valence-electron chi connectivity index (χ0n) is 11.7. The summed E-state index contributed by atoms with van der Waals surface area (Å²) in [4.78, 5) is 13.0. The molecule has 0 spiro atoms. The second-order valence-electron chi connectivity index (χ2n) is 5.47. The Morgan fingerprint density at radius 1 is 1.50 bits per heavy atom. The third-order valence-electron chi connectivity index (χ3n) is 3.97. The molecule has 8 heteroatoms. The highest BCUT2D eigenvalue weighted by atomic mass is 32.1. The lowest BCUT2D eigenvalue weighted by molar-refractivity contribution is -0.142. The number of benzene rings is 1. The van der Waals surface area contributed by atoms with Gasteiger partial charge in [0.05, 0.1) is 12.1 Å². The fourth-order valence-electron chi connectivity index (χ4n) is 3.04. The fraction of sp³-hybridized carbons (Fsp3) is 0.429. The molecule has 3 atom stereocenters. The summed E-state index contributed by atoms with van der Waals surface area (Å²) < 4.78 is 32.4. The summed E-state index contributed by atoms with van der Waals surface area (Å²) in [6.07, 6.45) is 0.266. The summed E-state index contributed by atoms with van der Waals surface area (Å²) in [6.45, 7) is 1.82. The number of nitrogens with zero attached hydrogens (tertiary/aromatic N) is 1. The van der Waals surface area contributed by atoms with Gasteiger partial charge in [-0.05, 0) is 25.2 Å². The van der Waals surface area contributed by atoms with Gasteiger partial charge in [-0.2, -0.15) is 0 Å². The molecule has 1 fully saturated rings. The van der Waals surface area contributed by atoms with Crippen LogP contribution in [0.5, 0.6) is 5.75 Å². The first kappa shape index (κ1) is 15.0. The van der Waals surface area contributed by atoms with Crippen LogP contribution in [0.4, 0.5) is 8.78 Å². The summed E-state index contributed by atoms with van der Waals surface area (Å²) in [5, 5.41) is 12.6. The number of rotatable bonds is 2. The summed E-state index contributed by atoms with van der Waals surface area (Å²) >= 11 is 5.19. The molecule has 22 heavy (non-hydrogen) atoms. The number of hydrogen-bond acceptors (Lipinski definition) is 3. The van der Waals surface area contributed by atoms with Gasteiger partial charge in [0.1, 0.15) is 18.5 Å². The first-order valence-corrected chi connectivity index (χ1v) is 7.21. The Kier molecular flexibility index (Phi) is 3.64. The van der Waals surface area contributed by atoms with Crippen LogP contribution in [0.1, 0.15) is 12.5 Å². The molecule has 2 aliphatic rings. The minimum atomic E-state index is -1.00. The van der Waals surface area contributed by atoms with Crippen molar-refractivity contribution in [2.45, 2.75) is 31.5 Å². The molecule has 3 unspecified atom stereocenters. The van der Waals surface area contributed by atoms with Crippen molar-refractivity contribution >= 4 is 23.3 Å². The number of carboxylic acid groups (broad SMARTS) is 1. The number of fused-ring (bicyclic) bond motifs is 1. The lowest BCUT2D eigenvalue weighted by Gasteiger charge is -2.35. The van der Waals surface area contributed by atoms with E-state index >= 15 is 0 Å². The van der Waals surface area contributed by atoms with E-state index in [1.807, 2.05) is 0 Å². The number of halogens is 2. The Morgan fingerprint density at radius 2 is 2.23 bits per heavy atom. The molecule has 2 heterocycles. The number of ether oxygens (including phenoxy) is 1. The summed E-state index contributed by atoms with van der Waals surface area (Å²) in [7, 11) is 0. The van der Waals surface area contributed by atoms with E-state index in [-0.39, 0.29) is 30.9 Å². The summed E-state index contributed by atoms with van der Waals surface area (Å²) in [5.74, 6) is -2.42. The lowest BCUT2D eigenvalue weighted by Crippen LogP contribution is -2.52. The predicted molar refractivity (Wildman–Crippen MR) is 77.8 cm³/mol. The smallest absolute Gasteiger partial charge is 0.328 e. The predicted octanol–water partition coefficient (Wildman–Crippen LogP) is 1.30. The highest BCUT2D eigenvalue weighted by molar-refractivity contribution is 7.80. The molecule has 0 saturated carbocycles. The van der Waals surface area contributed by atoms with Crippen LogP contribution in [0.2, 0.25) is 0 Å². The molecule has 0 bridgehead atoms. The largest absolute Gasteiger partial charge is 0.488 e. The van der Waals surface area contributed by atoms with E-state index in [4.69, 9.17) is 17.0 Å². The van der Waals surface area contributed by atoms with Gasteiger partial charge in [0.15, 0.2) is 16.7 Å². The van der Waals surface area contributed by atoms with Crippen LogP contribution < -0.4 is 10.1 Å². The molecule has 0 radical (unpaired) electrons. The van der Waals surface area contributed by atoms with Crippen LogP contribution in [-0.2, 0) is 11.2 Å². The quantitative estimate of drug-likeness (QED) is 0.798. The average molecular weight is 328 g/mol. The summed E-state index contributed by atoms with van der Waals surface area (Å²) in [5.41, 5.74) is 0.375. The van der Waals surface area contributed by atoms with E-state index in [1.165, 1.54) is 6.07 Å². The molecule has 3 rings (SSSR count). The fourth-order valence-corrected chi connectivity index (χ4v) is 3.49. The maximum atomic E-state index is 13.7. The molecule has 1 saturated heterocycles. The van der Waals surface area contributed by atoms with E-state index in [9.17, 15) is 18.7 Å². The van der Waals surface area contributed by atoms with Crippen LogP contribution in [0.25, 0.3) is 0 Å². The second kappa shape index (κ2) is 5.35. The average Bonchev–Trinajstić information content (AvgIpc) is 2.72. The van der Waals surface area contributed by atoms with Crippen LogP contribution in [0.3, 0.4) is 0 Å². The molecule has 118 valence electrons. The van der Waals surface area contributed by atoms with Crippen molar-refractivity contribution in [3.63, 3.8) is 0 Å². The van der Waals surface area contributed by atoms with Gasteiger partial charge in [0.25, 0.3) is 0 Å². The van der Waals surface area contributed by atoms with Gasteiger partial charge < -0.3 is 20.1 Å². The molecular weight excluding hydrogens is 314 g/mol. The second-order valence-corrected chi connectivity index (χ2v) is 5.86. The first-order valence-electron chi connectivity index (χ1n) is 6.81. The van der Waals surface area contributed by atoms with Crippen LogP contribution in [0, 0.1) is 11.6 Å². The topological polar surface area (TPSA) is 61.8 Å². The highest BCUT2D eigenvalue weighted by Gasteiger charge is 2.44. The molecule has 0 aliphatic carbocycles. The molecule has 1 aromatic rings. The normalized spacial score (nSPS) is 27.1. The van der Waals surface area contributed by atoms with Crippen LogP contribution >= 0.6 is 12.2 Å². The standard InChI is InChI=1S/C14H14F2N2O3S/c1-6-11(13(19)20)18(14(22)17-6)9-3-7-2-8(15)4-10(16)12(7)21-5-9/h2,4,6,9,11H,3,5H2,1H3,(H,17,22)(H,19,20). The van der Waals surface area contributed by atoms with Crippen molar-refractivity contribution in [3.05, 3.63) is 29.3 Å². The van der Waals surface area contributed by atoms with Crippen molar-refractivity contribution < 1.29 is 23.4 Å². The van der Waals surface area contributed by atoms with E-state index in [2.05, 4.69) is 5.32 Å². The van der Waals surface area contributed by atoms with Gasteiger partial charge in [-0.25, -0.2) is 13.6 Å². The first-order chi connectivity index (χ1) is 10.4. The van der Waals surface area contributed by atoms with E-state index in [0.29, 0.717) is 10.7 Å². The number of hydrogen-bond donors (Lipinski definition) is 2. The zero-order chi connectivity index (χ0) is 16.0. The van der Waals surface area contributed by atoms with Gasteiger partial charge in [-0.15, -0.1) is 0 Å². The lowest BCUT2D eigenvalue weighted by atomic mass is 9.99. The highest BCUT2D eigenvalue weighted by Crippen LogP contribution is 2.32. The third kappa shape index (κ3) is 2.37. The Hall–Kier alpha value is -1.96. The van der Waals surface area contributed by atoms with Gasteiger partial charge in [0.2, 0.25) is 0 Å². The number of nitrogens with one attached hydrogen (secondary N) is 1. The maximum absolute atomic E-state index is 13.7. The number of aliphatic carboxylic acids is 1. The Bertz CT molecular complexity index is 655. The van der Waals surface area contributed by atoms with Crippen LogP contribution in [0.15, 0.2) is 12.1 Å². The van der Waals surface area contributed by atoms with Crippen molar-refractivity contribution in [2.75, 3.05) is 6.61 Å². The van der Waals surface area contributed by atoms with Crippen molar-refractivity contribution in [2.24, 2.45) is 0 Å². The molecule has 0 aromatic heterocycles. The molecule has 2 aliphatic heterocycles. The number of thiocarbonyl (C=S) groups is 1. The monoisotopic (exact) mass is 328 g/mol. The Labute approximate surface area is 130 Å². The Morgan fingerprint density at radius 3 is 2.91 bits per heavy atom. The van der Waals surface area contributed by atoms with Crippen LogP contribution in [-0.4, -0.2) is 45.8 Å². The van der Waals surface area contributed by atoms with Crippen molar-refractivity contribution in [1.82, 2.24) is 10.2 Å². The zero-order valence-corrected chi connectivity index (χ0v) is 12.5. The van der Waals surface area contributed by atoms with Gasteiger partial charge in [-0.3, -0.25) is 0 Å². The van der Waals surface area contributed by atoms with Crippen molar-refractivity contribution in [3.8, 4) is 5.75 Å². The maximum Gasteiger partial charge on any atom is 0.328 e. The van der Waals surface area contributed by atoms with E-state index < -0.39 is 23.6 Å². The SMILES string of the molecule is CC1NC(=S)N(C2COc3c(F)cc(F)cc3C2)C1C(=O)O. The molecular formula is C14H14F2N2O3S. The Balaban J connectivity index is 1.90. The van der Waals surface area contributed by atoms with Gasteiger partial charge >= 0.3 is 5.97 Å². The number of carbonyl (C=O) groups is 1. The summed E-state index contributed by atoms with van der Waals surface area (Å²) in [6, 6.07) is 0.399. The minimum absolute atomic E-state index is 0.0237. The van der Waals surface area contributed by atoms with E-state index in [0.717, 1.165) is 6.07 Å². The van der Waals surface area contributed by atoms with Crippen molar-refractivity contribution in [1.29, 1.82) is 0 Å². The van der Waals surface area contributed by atoms with Gasteiger partial charge in [0, 0.05) is 18.1 Å². The molecule has 1 aromatic carbocycles. The molecule has 0 amide bonds. The van der Waals surface area contributed by atoms with E-state index in [1.54, 1.807) is 11.8 Å². The molecule has 5 nitrogen and oxygen atoms in total. The third-order valence-corrected chi connectivity index (χ3v) is 4.29.